The van der Waals surface area contributed by atoms with Crippen molar-refractivity contribution in [3.63, 3.8) is 0 Å². The Labute approximate surface area is 90.8 Å². The fraction of sp³-hybridized carbons (Fsp3) is 0.667. The Morgan fingerprint density at radius 1 is 1.29 bits per heavy atom. The van der Waals surface area contributed by atoms with Gasteiger partial charge in [0, 0.05) is 4.88 Å². The molecule has 0 aromatic carbocycles. The Kier molecular flexibility index (Phi) is 4.14. The Balaban J connectivity index is 2.92. The maximum atomic E-state index is 10.6. The molecule has 0 aliphatic heterocycles. The van der Waals surface area contributed by atoms with Crippen LogP contribution in [0.1, 0.15) is 50.0 Å². The lowest BCUT2D eigenvalue weighted by Crippen LogP contribution is -2.25. The van der Waals surface area contributed by atoms with Crippen molar-refractivity contribution in [2.24, 2.45) is 0 Å². The van der Waals surface area contributed by atoms with Crippen LogP contribution in [0.4, 0.5) is 0 Å². The van der Waals surface area contributed by atoms with Gasteiger partial charge in [0.25, 0.3) is 0 Å². The van der Waals surface area contributed by atoms with Gasteiger partial charge in [-0.2, -0.15) is 0 Å². The third-order valence-corrected chi connectivity index (χ3v) is 3.53. The van der Waals surface area contributed by atoms with Crippen molar-refractivity contribution in [3.05, 3.63) is 21.9 Å². The smallest absolute Gasteiger partial charge is 0.0907 e. The SMILES string of the molecule is CCCC(O)(CCC)c1ccsc1C. The molecule has 1 nitrogen and oxygen atoms in total. The van der Waals surface area contributed by atoms with Crippen LogP contribution in [0.5, 0.6) is 0 Å². The van der Waals surface area contributed by atoms with Gasteiger partial charge < -0.3 is 5.11 Å². The van der Waals surface area contributed by atoms with Crippen LogP contribution in [0.3, 0.4) is 0 Å². The van der Waals surface area contributed by atoms with Gasteiger partial charge >= 0.3 is 0 Å². The predicted octanol–water partition coefficient (Wildman–Crippen LogP) is 3.84. The first-order valence-corrected chi connectivity index (χ1v) is 6.29. The van der Waals surface area contributed by atoms with Crippen LogP contribution in [-0.2, 0) is 5.60 Å². The molecule has 80 valence electrons. The third-order valence-electron chi connectivity index (χ3n) is 2.69. The van der Waals surface area contributed by atoms with E-state index in [9.17, 15) is 5.11 Å². The summed E-state index contributed by atoms with van der Waals surface area (Å²) in [6.45, 7) is 6.35. The molecule has 1 aromatic rings. The number of hydrogen-bond acceptors (Lipinski definition) is 2. The van der Waals surface area contributed by atoms with E-state index in [2.05, 4.69) is 32.2 Å². The largest absolute Gasteiger partial charge is 0.385 e. The summed E-state index contributed by atoms with van der Waals surface area (Å²) in [4.78, 5) is 1.26. The van der Waals surface area contributed by atoms with E-state index in [4.69, 9.17) is 0 Å². The van der Waals surface area contributed by atoms with Crippen LogP contribution in [0.2, 0.25) is 0 Å². The Hall–Kier alpha value is -0.340. The van der Waals surface area contributed by atoms with Crippen molar-refractivity contribution >= 4 is 11.3 Å². The van der Waals surface area contributed by atoms with E-state index in [0.717, 1.165) is 31.2 Å². The summed E-state index contributed by atoms with van der Waals surface area (Å²) in [5.41, 5.74) is 0.569. The van der Waals surface area contributed by atoms with Crippen molar-refractivity contribution in [2.45, 2.75) is 52.1 Å². The topological polar surface area (TPSA) is 20.2 Å². The Morgan fingerprint density at radius 2 is 1.86 bits per heavy atom. The molecule has 1 N–H and O–H groups in total. The minimum absolute atomic E-state index is 0.576. The number of aliphatic hydroxyl groups is 1. The molecule has 0 aliphatic rings. The zero-order valence-corrected chi connectivity index (χ0v) is 10.2. The van der Waals surface area contributed by atoms with Crippen molar-refractivity contribution in [1.29, 1.82) is 0 Å². The van der Waals surface area contributed by atoms with Gasteiger partial charge in [0.1, 0.15) is 0 Å². The molecule has 1 rings (SSSR count). The van der Waals surface area contributed by atoms with E-state index in [-0.39, 0.29) is 0 Å². The quantitative estimate of drug-likeness (QED) is 0.786. The first-order chi connectivity index (χ1) is 6.64. The average Bonchev–Trinajstić information content (AvgIpc) is 2.52. The standard InChI is InChI=1S/C12H20OS/c1-4-7-12(13,8-5-2)11-6-9-14-10(11)3/h6,9,13H,4-5,7-8H2,1-3H3. The van der Waals surface area contributed by atoms with Crippen molar-refractivity contribution in [1.82, 2.24) is 0 Å². The molecule has 0 aliphatic carbocycles. The van der Waals surface area contributed by atoms with E-state index in [1.54, 1.807) is 11.3 Å². The maximum absolute atomic E-state index is 10.6. The van der Waals surface area contributed by atoms with Gasteiger partial charge in [-0.15, -0.1) is 11.3 Å². The highest BCUT2D eigenvalue weighted by molar-refractivity contribution is 7.10. The molecule has 0 bridgehead atoms. The number of rotatable bonds is 5. The molecule has 0 unspecified atom stereocenters. The van der Waals surface area contributed by atoms with Gasteiger partial charge in [-0.1, -0.05) is 26.7 Å². The van der Waals surface area contributed by atoms with E-state index in [1.807, 2.05) is 0 Å². The van der Waals surface area contributed by atoms with Gasteiger partial charge in [-0.05, 0) is 36.8 Å². The Bertz CT molecular complexity index is 272. The van der Waals surface area contributed by atoms with Crippen LogP contribution in [0.15, 0.2) is 11.4 Å². The molecule has 0 atom stereocenters. The molecule has 0 amide bonds. The minimum Gasteiger partial charge on any atom is -0.385 e. The van der Waals surface area contributed by atoms with Gasteiger partial charge in [-0.25, -0.2) is 0 Å². The van der Waals surface area contributed by atoms with Crippen molar-refractivity contribution in [3.8, 4) is 0 Å². The van der Waals surface area contributed by atoms with Crippen molar-refractivity contribution in [2.75, 3.05) is 0 Å². The first-order valence-electron chi connectivity index (χ1n) is 5.41. The van der Waals surface area contributed by atoms with Crippen LogP contribution in [0, 0.1) is 6.92 Å². The Morgan fingerprint density at radius 3 is 2.21 bits per heavy atom. The summed E-state index contributed by atoms with van der Waals surface area (Å²) in [6, 6.07) is 2.07. The third kappa shape index (κ3) is 2.37. The van der Waals surface area contributed by atoms with E-state index in [0.29, 0.717) is 0 Å². The van der Waals surface area contributed by atoms with Gasteiger partial charge in [0.05, 0.1) is 5.60 Å². The highest BCUT2D eigenvalue weighted by Gasteiger charge is 2.29. The molecular weight excluding hydrogens is 192 g/mol. The van der Waals surface area contributed by atoms with Crippen LogP contribution < -0.4 is 0 Å². The second kappa shape index (κ2) is 4.94. The first kappa shape index (κ1) is 11.7. The zero-order chi connectivity index (χ0) is 10.6. The molecule has 0 radical (unpaired) electrons. The predicted molar refractivity (Wildman–Crippen MR) is 62.8 cm³/mol. The second-order valence-electron chi connectivity index (χ2n) is 3.92. The zero-order valence-electron chi connectivity index (χ0n) is 9.34. The van der Waals surface area contributed by atoms with E-state index in [1.165, 1.54) is 4.88 Å². The van der Waals surface area contributed by atoms with Gasteiger partial charge in [0.2, 0.25) is 0 Å². The van der Waals surface area contributed by atoms with Gasteiger partial charge in [0.15, 0.2) is 0 Å². The highest BCUT2D eigenvalue weighted by Crippen LogP contribution is 2.35. The number of thiophene rings is 1. The lowest BCUT2D eigenvalue weighted by atomic mass is 9.86. The summed E-state index contributed by atoms with van der Waals surface area (Å²) in [7, 11) is 0. The van der Waals surface area contributed by atoms with Crippen LogP contribution in [0.25, 0.3) is 0 Å². The van der Waals surface area contributed by atoms with Crippen molar-refractivity contribution < 1.29 is 5.11 Å². The monoisotopic (exact) mass is 212 g/mol. The molecule has 0 fully saturated rings. The fourth-order valence-corrected chi connectivity index (χ4v) is 2.88. The molecule has 0 saturated carbocycles. The number of aryl methyl sites for hydroxylation is 1. The lowest BCUT2D eigenvalue weighted by molar-refractivity contribution is 0.0169. The maximum Gasteiger partial charge on any atom is 0.0907 e. The average molecular weight is 212 g/mol. The highest BCUT2D eigenvalue weighted by atomic mass is 32.1. The molecular formula is C12H20OS. The van der Waals surface area contributed by atoms with Crippen LogP contribution >= 0.6 is 11.3 Å². The summed E-state index contributed by atoms with van der Waals surface area (Å²) in [5.74, 6) is 0. The van der Waals surface area contributed by atoms with Crippen LogP contribution in [-0.4, -0.2) is 5.11 Å². The molecule has 0 saturated heterocycles. The second-order valence-corrected chi connectivity index (χ2v) is 5.04. The molecule has 1 heterocycles. The summed E-state index contributed by atoms with van der Waals surface area (Å²) >= 11 is 1.72. The lowest BCUT2D eigenvalue weighted by Gasteiger charge is -2.27. The molecule has 2 heteroatoms. The van der Waals surface area contributed by atoms with Gasteiger partial charge in [-0.3, -0.25) is 0 Å². The normalized spacial score (nSPS) is 12.0. The number of hydrogen-bond donors (Lipinski definition) is 1. The minimum atomic E-state index is -0.576. The summed E-state index contributed by atoms with van der Waals surface area (Å²) in [5, 5.41) is 12.6. The molecule has 0 spiro atoms. The van der Waals surface area contributed by atoms with E-state index >= 15 is 0 Å². The van der Waals surface area contributed by atoms with E-state index < -0.39 is 5.60 Å². The molecule has 14 heavy (non-hydrogen) atoms. The molecule has 1 aromatic heterocycles. The summed E-state index contributed by atoms with van der Waals surface area (Å²) < 4.78 is 0. The summed E-state index contributed by atoms with van der Waals surface area (Å²) in [6.07, 6.45) is 3.81. The fourth-order valence-electron chi connectivity index (χ4n) is 2.09.